The molecule has 146 valence electrons. The average molecular weight is 379 g/mol. The van der Waals surface area contributed by atoms with Crippen LogP contribution in [0.4, 0.5) is 10.5 Å². The summed E-state index contributed by atoms with van der Waals surface area (Å²) in [5.74, 6) is 0.242. The van der Waals surface area contributed by atoms with E-state index >= 15 is 0 Å². The van der Waals surface area contributed by atoms with Crippen molar-refractivity contribution >= 4 is 22.6 Å². The van der Waals surface area contributed by atoms with Gasteiger partial charge in [-0.2, -0.15) is 5.10 Å². The molecule has 4 rings (SSSR count). The van der Waals surface area contributed by atoms with Crippen LogP contribution in [0.25, 0.3) is 10.9 Å². The van der Waals surface area contributed by atoms with Gasteiger partial charge in [0.15, 0.2) is 0 Å². The lowest BCUT2D eigenvalue weighted by molar-refractivity contribution is 0.159. The molecule has 28 heavy (non-hydrogen) atoms. The Kier molecular flexibility index (Phi) is 5.55. The van der Waals surface area contributed by atoms with Crippen LogP contribution in [0.1, 0.15) is 11.5 Å². The van der Waals surface area contributed by atoms with Crippen molar-refractivity contribution in [2.24, 2.45) is 0 Å². The van der Waals surface area contributed by atoms with E-state index in [1.54, 1.807) is 13.3 Å². The van der Waals surface area contributed by atoms with Gasteiger partial charge in [-0.15, -0.1) is 0 Å². The summed E-state index contributed by atoms with van der Waals surface area (Å²) in [6.45, 7) is 3.23. The lowest BCUT2D eigenvalue weighted by Gasteiger charge is -2.20. The summed E-state index contributed by atoms with van der Waals surface area (Å²) >= 11 is 0. The fourth-order valence-electron chi connectivity index (χ4n) is 3.87. The maximum atomic E-state index is 12.7. The summed E-state index contributed by atoms with van der Waals surface area (Å²) in [5.41, 5.74) is 2.78. The van der Waals surface area contributed by atoms with Crippen molar-refractivity contribution < 1.29 is 9.53 Å². The van der Waals surface area contributed by atoms with Gasteiger partial charge in [0.1, 0.15) is 0 Å². The molecule has 2 amide bonds. The fourth-order valence-corrected chi connectivity index (χ4v) is 3.87. The van der Waals surface area contributed by atoms with Crippen LogP contribution in [-0.2, 0) is 4.74 Å². The number of para-hydroxylation sites is 1. The molecule has 7 heteroatoms. The molecular formula is C21H25N5O2. The second-order valence-corrected chi connectivity index (χ2v) is 7.11. The first-order chi connectivity index (χ1) is 13.7. The molecule has 2 aromatic carbocycles. The third-order valence-electron chi connectivity index (χ3n) is 5.28. The Bertz CT molecular complexity index is 927. The van der Waals surface area contributed by atoms with Gasteiger partial charge in [0.25, 0.3) is 0 Å². The van der Waals surface area contributed by atoms with E-state index in [-0.39, 0.29) is 18.0 Å². The number of amides is 2. The van der Waals surface area contributed by atoms with Crippen LogP contribution in [0.5, 0.6) is 0 Å². The number of hydrogen-bond donors (Lipinski definition) is 3. The number of benzene rings is 2. The first-order valence-corrected chi connectivity index (χ1v) is 9.50. The number of methoxy groups -OCH3 is 1. The molecule has 0 radical (unpaired) electrons. The molecule has 1 aliphatic heterocycles. The quantitative estimate of drug-likeness (QED) is 0.615. The molecule has 0 saturated carbocycles. The number of nitrogens with one attached hydrogen (secondary N) is 3. The monoisotopic (exact) mass is 379 g/mol. The number of ether oxygens (including phenoxy) is 1. The van der Waals surface area contributed by atoms with Crippen LogP contribution >= 0.6 is 0 Å². The van der Waals surface area contributed by atoms with Crippen molar-refractivity contribution in [2.45, 2.75) is 12.0 Å². The molecule has 0 bridgehead atoms. The number of aromatic nitrogens is 2. The first-order valence-electron chi connectivity index (χ1n) is 9.50. The van der Waals surface area contributed by atoms with E-state index in [9.17, 15) is 4.79 Å². The van der Waals surface area contributed by atoms with Gasteiger partial charge in [0, 0.05) is 38.0 Å². The van der Waals surface area contributed by atoms with Crippen molar-refractivity contribution in [2.75, 3.05) is 38.7 Å². The van der Waals surface area contributed by atoms with E-state index in [0.717, 1.165) is 36.2 Å². The minimum absolute atomic E-state index is 0.0280. The third kappa shape index (κ3) is 4.00. The molecule has 1 aromatic heterocycles. The maximum absolute atomic E-state index is 12.7. The second-order valence-electron chi connectivity index (χ2n) is 7.11. The van der Waals surface area contributed by atoms with Crippen molar-refractivity contribution in [1.29, 1.82) is 0 Å². The van der Waals surface area contributed by atoms with Crippen molar-refractivity contribution in [3.8, 4) is 0 Å². The van der Waals surface area contributed by atoms with Crippen molar-refractivity contribution in [1.82, 2.24) is 20.4 Å². The minimum Gasteiger partial charge on any atom is -0.383 e. The summed E-state index contributed by atoms with van der Waals surface area (Å²) in [5, 5.41) is 14.1. The largest absolute Gasteiger partial charge is 0.383 e. The number of hydrogen-bond acceptors (Lipinski definition) is 4. The summed E-state index contributed by atoms with van der Waals surface area (Å²) in [4.78, 5) is 15.1. The first kappa shape index (κ1) is 18.5. The van der Waals surface area contributed by atoms with Crippen LogP contribution in [-0.4, -0.2) is 60.5 Å². The highest BCUT2D eigenvalue weighted by Crippen LogP contribution is 2.28. The van der Waals surface area contributed by atoms with Crippen molar-refractivity contribution in [3.63, 3.8) is 0 Å². The summed E-state index contributed by atoms with van der Waals surface area (Å²) < 4.78 is 5.22. The standard InChI is InChI=1S/C21H25N5O2/c1-28-11-10-26-13-17(15-6-3-2-4-7-15)19(14-26)24-21(27)23-18-9-5-8-16-12-22-25-20(16)18/h2-9,12,17,19H,10-11,13-14H2,1H3,(H,22,25)(H2,23,24,27). The van der Waals surface area contributed by atoms with Gasteiger partial charge in [0.2, 0.25) is 0 Å². The fraction of sp³-hybridized carbons (Fsp3) is 0.333. The Morgan fingerprint density at radius 1 is 1.21 bits per heavy atom. The molecule has 1 saturated heterocycles. The molecule has 1 aliphatic rings. The highest BCUT2D eigenvalue weighted by atomic mass is 16.5. The molecule has 7 nitrogen and oxygen atoms in total. The van der Waals surface area contributed by atoms with E-state index in [4.69, 9.17) is 4.74 Å². The minimum atomic E-state index is -0.207. The van der Waals surface area contributed by atoms with E-state index in [0.29, 0.717) is 6.61 Å². The predicted octanol–water partition coefficient (Wildman–Crippen LogP) is 2.80. The number of rotatable bonds is 6. The smallest absolute Gasteiger partial charge is 0.319 e. The highest BCUT2D eigenvalue weighted by Gasteiger charge is 2.34. The van der Waals surface area contributed by atoms with Gasteiger partial charge in [-0.05, 0) is 11.6 Å². The Morgan fingerprint density at radius 2 is 2.07 bits per heavy atom. The van der Waals surface area contributed by atoms with Gasteiger partial charge in [0.05, 0.1) is 30.0 Å². The van der Waals surface area contributed by atoms with Gasteiger partial charge >= 0.3 is 6.03 Å². The maximum Gasteiger partial charge on any atom is 0.319 e. The second kappa shape index (κ2) is 8.41. The number of carbonyl (C=O) groups is 1. The van der Waals surface area contributed by atoms with Gasteiger partial charge in [-0.1, -0.05) is 42.5 Å². The Morgan fingerprint density at radius 3 is 2.89 bits per heavy atom. The normalized spacial score (nSPS) is 19.8. The van der Waals surface area contributed by atoms with Crippen LogP contribution in [0.3, 0.4) is 0 Å². The average Bonchev–Trinajstić information content (AvgIpc) is 3.34. The third-order valence-corrected chi connectivity index (χ3v) is 5.28. The molecule has 2 heterocycles. The van der Waals surface area contributed by atoms with E-state index in [1.165, 1.54) is 5.56 Å². The van der Waals surface area contributed by atoms with E-state index in [2.05, 4.69) is 37.9 Å². The number of nitrogens with zero attached hydrogens (tertiary/aromatic N) is 2. The van der Waals surface area contributed by atoms with Gasteiger partial charge in [-0.25, -0.2) is 4.79 Å². The Balaban J connectivity index is 1.47. The molecule has 0 spiro atoms. The summed E-state index contributed by atoms with van der Waals surface area (Å²) in [6, 6.07) is 15.9. The zero-order valence-electron chi connectivity index (χ0n) is 15.9. The molecule has 0 aliphatic carbocycles. The number of fused-ring (bicyclic) bond motifs is 1. The van der Waals surface area contributed by atoms with Crippen LogP contribution in [0, 0.1) is 0 Å². The number of likely N-dealkylation sites (tertiary alicyclic amines) is 1. The number of urea groups is 1. The van der Waals surface area contributed by atoms with Crippen LogP contribution in [0.2, 0.25) is 0 Å². The summed E-state index contributed by atoms with van der Waals surface area (Å²) in [7, 11) is 1.71. The highest BCUT2D eigenvalue weighted by molar-refractivity contribution is 5.99. The van der Waals surface area contributed by atoms with Gasteiger partial charge < -0.3 is 15.4 Å². The Hall–Kier alpha value is -2.90. The number of H-pyrrole nitrogens is 1. The zero-order valence-corrected chi connectivity index (χ0v) is 15.9. The topological polar surface area (TPSA) is 82.3 Å². The van der Waals surface area contributed by atoms with Crippen LogP contribution in [0.15, 0.2) is 54.7 Å². The molecule has 2 unspecified atom stereocenters. The van der Waals surface area contributed by atoms with Crippen molar-refractivity contribution in [3.05, 3.63) is 60.3 Å². The lowest BCUT2D eigenvalue weighted by atomic mass is 9.94. The molecule has 3 N–H and O–H groups in total. The summed E-state index contributed by atoms with van der Waals surface area (Å²) in [6.07, 6.45) is 1.74. The number of anilines is 1. The number of aromatic amines is 1. The lowest BCUT2D eigenvalue weighted by Crippen LogP contribution is -2.42. The predicted molar refractivity (Wildman–Crippen MR) is 110 cm³/mol. The molecule has 1 fully saturated rings. The van der Waals surface area contributed by atoms with E-state index < -0.39 is 0 Å². The SMILES string of the molecule is COCCN1CC(NC(=O)Nc2cccc3cn[nH]c23)C(c2ccccc2)C1. The zero-order chi connectivity index (χ0) is 19.3. The molecule has 3 aromatic rings. The van der Waals surface area contributed by atoms with E-state index in [1.807, 2.05) is 36.4 Å². The van der Waals surface area contributed by atoms with Crippen LogP contribution < -0.4 is 10.6 Å². The molecular weight excluding hydrogens is 354 g/mol. The van der Waals surface area contributed by atoms with Gasteiger partial charge in [-0.3, -0.25) is 10.00 Å². The number of carbonyl (C=O) groups excluding carboxylic acids is 1. The Labute approximate surface area is 164 Å². The molecule has 2 atom stereocenters.